The Balaban J connectivity index is 1.77. The standard InChI is InChI=1S/C23H27N3O3S/c1-15-11-16(2)13-18(12-15)24-23-26(9-10-29-4)22(28)20(30-23)14-21(27)25-19-8-6-5-7-17(19)3/h5-8,11-13,20H,9-10,14H2,1-4H3,(H,25,27)/t20-/m1/s1. The average molecular weight is 426 g/mol. The van der Waals surface area contributed by atoms with Gasteiger partial charge in [-0.3, -0.25) is 14.5 Å². The van der Waals surface area contributed by atoms with Crippen molar-refractivity contribution in [1.29, 1.82) is 0 Å². The number of amides is 2. The molecule has 30 heavy (non-hydrogen) atoms. The van der Waals surface area contributed by atoms with Crippen molar-refractivity contribution in [3.05, 3.63) is 59.2 Å². The van der Waals surface area contributed by atoms with Gasteiger partial charge in [-0.1, -0.05) is 36.0 Å². The topological polar surface area (TPSA) is 71.0 Å². The second kappa shape index (κ2) is 9.91. The van der Waals surface area contributed by atoms with Gasteiger partial charge < -0.3 is 10.1 Å². The normalized spacial score (nSPS) is 17.6. The van der Waals surface area contributed by atoms with E-state index in [1.807, 2.05) is 57.2 Å². The molecule has 7 heteroatoms. The van der Waals surface area contributed by atoms with Crippen LogP contribution in [0.15, 0.2) is 47.5 Å². The number of anilines is 1. The van der Waals surface area contributed by atoms with Crippen LogP contribution in [0, 0.1) is 20.8 Å². The molecule has 1 saturated heterocycles. The summed E-state index contributed by atoms with van der Waals surface area (Å²) in [7, 11) is 1.60. The summed E-state index contributed by atoms with van der Waals surface area (Å²) in [6.45, 7) is 6.78. The predicted octanol–water partition coefficient (Wildman–Crippen LogP) is 4.22. The number of nitrogens with zero attached hydrogens (tertiary/aromatic N) is 2. The number of thioether (sulfide) groups is 1. The molecule has 2 aromatic carbocycles. The van der Waals surface area contributed by atoms with Crippen LogP contribution >= 0.6 is 11.8 Å². The minimum atomic E-state index is -0.504. The first kappa shape index (κ1) is 22.1. The highest BCUT2D eigenvalue weighted by atomic mass is 32.2. The molecule has 0 radical (unpaired) electrons. The lowest BCUT2D eigenvalue weighted by atomic mass is 10.1. The Bertz CT molecular complexity index is 954. The number of nitrogens with one attached hydrogen (secondary N) is 1. The van der Waals surface area contributed by atoms with E-state index in [9.17, 15) is 9.59 Å². The second-order valence-electron chi connectivity index (χ2n) is 7.40. The van der Waals surface area contributed by atoms with Crippen LogP contribution in [0.2, 0.25) is 0 Å². The van der Waals surface area contributed by atoms with E-state index in [0.717, 1.165) is 28.1 Å². The highest BCUT2D eigenvalue weighted by Crippen LogP contribution is 2.32. The van der Waals surface area contributed by atoms with Crippen molar-refractivity contribution in [2.45, 2.75) is 32.4 Å². The summed E-state index contributed by atoms with van der Waals surface area (Å²) >= 11 is 1.34. The molecule has 0 aliphatic carbocycles. The highest BCUT2D eigenvalue weighted by Gasteiger charge is 2.39. The fraction of sp³-hybridized carbons (Fsp3) is 0.348. The quantitative estimate of drug-likeness (QED) is 0.721. The lowest BCUT2D eigenvalue weighted by molar-refractivity contribution is -0.128. The van der Waals surface area contributed by atoms with E-state index in [1.54, 1.807) is 12.0 Å². The number of benzene rings is 2. The van der Waals surface area contributed by atoms with E-state index >= 15 is 0 Å². The van der Waals surface area contributed by atoms with Crippen LogP contribution in [0.5, 0.6) is 0 Å². The van der Waals surface area contributed by atoms with Crippen molar-refractivity contribution in [1.82, 2.24) is 4.90 Å². The van der Waals surface area contributed by atoms with Gasteiger partial charge in [0, 0.05) is 19.2 Å². The first-order valence-corrected chi connectivity index (χ1v) is 10.7. The maximum Gasteiger partial charge on any atom is 0.242 e. The number of carbonyl (C=O) groups is 2. The van der Waals surface area contributed by atoms with Crippen LogP contribution in [0.1, 0.15) is 23.1 Å². The molecule has 158 valence electrons. The summed E-state index contributed by atoms with van der Waals surface area (Å²) in [5, 5.41) is 3.01. The molecule has 0 unspecified atom stereocenters. The van der Waals surface area contributed by atoms with Gasteiger partial charge in [0.2, 0.25) is 11.8 Å². The number of rotatable bonds is 7. The van der Waals surface area contributed by atoms with E-state index < -0.39 is 5.25 Å². The van der Waals surface area contributed by atoms with Crippen molar-refractivity contribution in [2.24, 2.45) is 4.99 Å². The fourth-order valence-corrected chi connectivity index (χ4v) is 4.51. The highest BCUT2D eigenvalue weighted by molar-refractivity contribution is 8.15. The monoisotopic (exact) mass is 425 g/mol. The van der Waals surface area contributed by atoms with Crippen molar-refractivity contribution >= 4 is 40.1 Å². The van der Waals surface area contributed by atoms with E-state index in [1.165, 1.54) is 11.8 Å². The van der Waals surface area contributed by atoms with Crippen LogP contribution in [0.25, 0.3) is 0 Å². The Morgan fingerprint density at radius 1 is 1.17 bits per heavy atom. The Hall–Kier alpha value is -2.64. The molecule has 1 aliphatic heterocycles. The zero-order valence-electron chi connectivity index (χ0n) is 17.8. The Labute approximate surface area is 181 Å². The molecule has 1 atom stereocenters. The summed E-state index contributed by atoms with van der Waals surface area (Å²) in [5.41, 5.74) is 4.77. The third-order valence-electron chi connectivity index (χ3n) is 4.76. The minimum Gasteiger partial charge on any atom is -0.383 e. The molecule has 1 heterocycles. The number of carbonyl (C=O) groups excluding carboxylic acids is 2. The van der Waals surface area contributed by atoms with Crippen LogP contribution in [-0.2, 0) is 14.3 Å². The number of hydrogen-bond donors (Lipinski definition) is 1. The van der Waals surface area contributed by atoms with Gasteiger partial charge in [-0.25, -0.2) is 4.99 Å². The average Bonchev–Trinajstić information content (AvgIpc) is 2.95. The fourth-order valence-electron chi connectivity index (χ4n) is 3.32. The summed E-state index contributed by atoms with van der Waals surface area (Å²) in [6, 6.07) is 13.6. The molecular formula is C23H27N3O3S. The molecule has 0 saturated carbocycles. The number of aliphatic imine (C=N–C) groups is 1. The molecule has 0 aromatic heterocycles. The van der Waals surface area contributed by atoms with Crippen molar-refractivity contribution in [2.75, 3.05) is 25.6 Å². The summed E-state index contributed by atoms with van der Waals surface area (Å²) < 4.78 is 5.16. The first-order chi connectivity index (χ1) is 14.4. The van der Waals surface area contributed by atoms with E-state index in [-0.39, 0.29) is 18.2 Å². The Morgan fingerprint density at radius 3 is 2.53 bits per heavy atom. The molecular weight excluding hydrogens is 398 g/mol. The number of methoxy groups -OCH3 is 1. The molecule has 2 amide bonds. The van der Waals surface area contributed by atoms with E-state index in [2.05, 4.69) is 11.4 Å². The number of para-hydroxylation sites is 1. The van der Waals surface area contributed by atoms with Gasteiger partial charge in [-0.2, -0.15) is 0 Å². The van der Waals surface area contributed by atoms with Crippen LogP contribution < -0.4 is 5.32 Å². The lowest BCUT2D eigenvalue weighted by Crippen LogP contribution is -2.35. The Kier molecular flexibility index (Phi) is 7.29. The van der Waals surface area contributed by atoms with Gasteiger partial charge >= 0.3 is 0 Å². The van der Waals surface area contributed by atoms with E-state index in [0.29, 0.717) is 18.3 Å². The van der Waals surface area contributed by atoms with Gasteiger partial charge in [-0.15, -0.1) is 0 Å². The van der Waals surface area contributed by atoms with Gasteiger partial charge in [0.1, 0.15) is 5.25 Å². The SMILES string of the molecule is COCCN1C(=O)[C@@H](CC(=O)Nc2ccccc2C)SC1=Nc1cc(C)cc(C)c1. The molecule has 2 aromatic rings. The third-order valence-corrected chi connectivity index (χ3v) is 5.94. The first-order valence-electron chi connectivity index (χ1n) is 9.87. The lowest BCUT2D eigenvalue weighted by Gasteiger charge is -2.16. The van der Waals surface area contributed by atoms with Gasteiger partial charge in [0.15, 0.2) is 5.17 Å². The van der Waals surface area contributed by atoms with Crippen LogP contribution in [0.3, 0.4) is 0 Å². The zero-order valence-corrected chi connectivity index (χ0v) is 18.6. The molecule has 0 bridgehead atoms. The van der Waals surface area contributed by atoms with Crippen molar-refractivity contribution < 1.29 is 14.3 Å². The molecule has 6 nitrogen and oxygen atoms in total. The zero-order chi connectivity index (χ0) is 21.7. The number of amidine groups is 1. The molecule has 1 N–H and O–H groups in total. The van der Waals surface area contributed by atoms with Gasteiger partial charge in [0.25, 0.3) is 0 Å². The maximum absolute atomic E-state index is 13.0. The largest absolute Gasteiger partial charge is 0.383 e. The number of aryl methyl sites for hydroxylation is 3. The number of ether oxygens (including phenoxy) is 1. The Morgan fingerprint density at radius 2 is 1.87 bits per heavy atom. The van der Waals surface area contributed by atoms with Crippen LogP contribution in [0.4, 0.5) is 11.4 Å². The van der Waals surface area contributed by atoms with Crippen molar-refractivity contribution in [3.63, 3.8) is 0 Å². The smallest absolute Gasteiger partial charge is 0.242 e. The summed E-state index contributed by atoms with van der Waals surface area (Å²) in [5.74, 6) is -0.297. The number of hydrogen-bond acceptors (Lipinski definition) is 5. The minimum absolute atomic E-state index is 0.0905. The van der Waals surface area contributed by atoms with Gasteiger partial charge in [0.05, 0.1) is 18.8 Å². The molecule has 1 fully saturated rings. The van der Waals surface area contributed by atoms with Gasteiger partial charge in [-0.05, 0) is 55.7 Å². The molecule has 1 aliphatic rings. The maximum atomic E-state index is 13.0. The third kappa shape index (κ3) is 5.49. The van der Waals surface area contributed by atoms with Crippen molar-refractivity contribution in [3.8, 4) is 0 Å². The van der Waals surface area contributed by atoms with Crippen LogP contribution in [-0.4, -0.2) is 47.4 Å². The molecule has 0 spiro atoms. The summed E-state index contributed by atoms with van der Waals surface area (Å²) in [4.78, 5) is 31.9. The molecule has 3 rings (SSSR count). The van der Waals surface area contributed by atoms with E-state index in [4.69, 9.17) is 9.73 Å². The second-order valence-corrected chi connectivity index (χ2v) is 8.57. The predicted molar refractivity (Wildman–Crippen MR) is 122 cm³/mol. The summed E-state index contributed by atoms with van der Waals surface area (Å²) in [6.07, 6.45) is 0.0905.